The van der Waals surface area contributed by atoms with Crippen molar-refractivity contribution in [2.45, 2.75) is 45.4 Å². The minimum atomic E-state index is 0.386. The van der Waals surface area contributed by atoms with Gasteiger partial charge < -0.3 is 10.1 Å². The van der Waals surface area contributed by atoms with Crippen molar-refractivity contribution in [2.24, 2.45) is 0 Å². The van der Waals surface area contributed by atoms with E-state index in [1.807, 2.05) is 13.1 Å². The number of aryl methyl sites for hydroxylation is 1. The van der Waals surface area contributed by atoms with Crippen molar-refractivity contribution in [3.63, 3.8) is 0 Å². The smallest absolute Gasteiger partial charge is 0.0726 e. The lowest BCUT2D eigenvalue weighted by Gasteiger charge is -2.19. The van der Waals surface area contributed by atoms with Crippen LogP contribution in [0.25, 0.3) is 0 Å². The summed E-state index contributed by atoms with van der Waals surface area (Å²) >= 11 is 0. The lowest BCUT2D eigenvalue weighted by Crippen LogP contribution is -2.36. The quantitative estimate of drug-likeness (QED) is 0.787. The van der Waals surface area contributed by atoms with Gasteiger partial charge in [-0.25, -0.2) is 0 Å². The van der Waals surface area contributed by atoms with Crippen LogP contribution in [0.4, 0.5) is 0 Å². The number of ether oxygens (including phenoxy) is 1. The molecule has 2 N–H and O–H groups in total. The standard InChI is InChI=1S/C11H19N3O/c1-8-10(7-13-14-8)6-12-9(2)11-4-3-5-15-11/h7,9,11-12H,3-6H2,1-2H3,(H,13,14)/t9-,11-/m1/s1. The second-order valence-electron chi connectivity index (χ2n) is 4.24. The molecular formula is C11H19N3O. The van der Waals surface area contributed by atoms with Crippen molar-refractivity contribution in [1.29, 1.82) is 0 Å². The van der Waals surface area contributed by atoms with E-state index in [-0.39, 0.29) is 0 Å². The van der Waals surface area contributed by atoms with Crippen molar-refractivity contribution in [3.8, 4) is 0 Å². The molecule has 2 heterocycles. The first-order chi connectivity index (χ1) is 7.27. The first-order valence-electron chi connectivity index (χ1n) is 5.61. The zero-order chi connectivity index (χ0) is 10.7. The lowest BCUT2D eigenvalue weighted by atomic mass is 10.1. The van der Waals surface area contributed by atoms with E-state index < -0.39 is 0 Å². The highest BCUT2D eigenvalue weighted by Crippen LogP contribution is 2.15. The fourth-order valence-electron chi connectivity index (χ4n) is 1.95. The Bertz CT molecular complexity index is 305. The summed E-state index contributed by atoms with van der Waals surface area (Å²) in [5.41, 5.74) is 2.38. The molecular weight excluding hydrogens is 190 g/mol. The van der Waals surface area contributed by atoms with E-state index in [0.29, 0.717) is 12.1 Å². The Labute approximate surface area is 90.4 Å². The molecule has 2 atom stereocenters. The van der Waals surface area contributed by atoms with Gasteiger partial charge in [-0.1, -0.05) is 0 Å². The molecule has 0 saturated carbocycles. The summed E-state index contributed by atoms with van der Waals surface area (Å²) in [7, 11) is 0. The molecule has 1 aliphatic heterocycles. The molecule has 1 aromatic heterocycles. The van der Waals surface area contributed by atoms with E-state index in [4.69, 9.17) is 4.74 Å². The first kappa shape index (κ1) is 10.6. The second kappa shape index (κ2) is 4.77. The summed E-state index contributed by atoms with van der Waals surface area (Å²) in [5.74, 6) is 0. The number of aromatic amines is 1. The third kappa shape index (κ3) is 2.58. The molecule has 1 aliphatic rings. The summed E-state index contributed by atoms with van der Waals surface area (Å²) in [4.78, 5) is 0. The summed E-state index contributed by atoms with van der Waals surface area (Å²) in [6.45, 7) is 6.01. The topological polar surface area (TPSA) is 49.9 Å². The molecule has 1 fully saturated rings. The third-order valence-corrected chi connectivity index (χ3v) is 3.07. The van der Waals surface area contributed by atoms with E-state index in [1.165, 1.54) is 18.4 Å². The van der Waals surface area contributed by atoms with Crippen LogP contribution in [0, 0.1) is 6.92 Å². The van der Waals surface area contributed by atoms with Crippen LogP contribution in [0.3, 0.4) is 0 Å². The molecule has 0 radical (unpaired) electrons. The van der Waals surface area contributed by atoms with E-state index in [2.05, 4.69) is 22.4 Å². The highest BCUT2D eigenvalue weighted by molar-refractivity contribution is 5.13. The van der Waals surface area contributed by atoms with Gasteiger partial charge in [-0.2, -0.15) is 5.10 Å². The minimum absolute atomic E-state index is 0.386. The molecule has 1 aromatic rings. The van der Waals surface area contributed by atoms with Crippen molar-refractivity contribution in [2.75, 3.05) is 6.61 Å². The molecule has 0 spiro atoms. The number of hydrogen-bond donors (Lipinski definition) is 2. The Kier molecular flexibility index (Phi) is 3.38. The Morgan fingerprint density at radius 1 is 1.73 bits per heavy atom. The summed E-state index contributed by atoms with van der Waals surface area (Å²) in [5, 5.41) is 10.4. The summed E-state index contributed by atoms with van der Waals surface area (Å²) < 4.78 is 5.63. The highest BCUT2D eigenvalue weighted by atomic mass is 16.5. The van der Waals surface area contributed by atoms with Crippen LogP contribution in [-0.2, 0) is 11.3 Å². The Hall–Kier alpha value is -0.870. The van der Waals surface area contributed by atoms with E-state index in [9.17, 15) is 0 Å². The fraction of sp³-hybridized carbons (Fsp3) is 0.727. The van der Waals surface area contributed by atoms with Crippen molar-refractivity contribution in [3.05, 3.63) is 17.5 Å². The predicted octanol–water partition coefficient (Wildman–Crippen LogP) is 1.38. The molecule has 15 heavy (non-hydrogen) atoms. The summed E-state index contributed by atoms with van der Waals surface area (Å²) in [6, 6.07) is 0.418. The molecule has 0 aliphatic carbocycles. The van der Waals surface area contributed by atoms with E-state index >= 15 is 0 Å². The maximum Gasteiger partial charge on any atom is 0.0726 e. The molecule has 4 heteroatoms. The summed E-state index contributed by atoms with van der Waals surface area (Å²) in [6.07, 6.45) is 4.64. The van der Waals surface area contributed by atoms with Crippen molar-refractivity contribution in [1.82, 2.24) is 15.5 Å². The van der Waals surface area contributed by atoms with Crippen LogP contribution < -0.4 is 5.32 Å². The predicted molar refractivity (Wildman–Crippen MR) is 58.6 cm³/mol. The molecule has 0 unspecified atom stereocenters. The van der Waals surface area contributed by atoms with Crippen molar-refractivity contribution < 1.29 is 4.74 Å². The zero-order valence-corrected chi connectivity index (χ0v) is 9.42. The van der Waals surface area contributed by atoms with Gasteiger partial charge in [-0.3, -0.25) is 5.10 Å². The van der Waals surface area contributed by atoms with Gasteiger partial charge in [0.05, 0.1) is 12.3 Å². The molecule has 0 amide bonds. The number of nitrogens with zero attached hydrogens (tertiary/aromatic N) is 1. The Morgan fingerprint density at radius 3 is 3.20 bits per heavy atom. The minimum Gasteiger partial charge on any atom is -0.377 e. The molecule has 1 saturated heterocycles. The van der Waals surface area contributed by atoms with E-state index in [1.54, 1.807) is 0 Å². The maximum absolute atomic E-state index is 5.63. The Morgan fingerprint density at radius 2 is 2.60 bits per heavy atom. The largest absolute Gasteiger partial charge is 0.377 e. The van der Waals surface area contributed by atoms with Crippen LogP contribution >= 0.6 is 0 Å². The molecule has 0 aromatic carbocycles. The number of aromatic nitrogens is 2. The normalized spacial score (nSPS) is 23.2. The van der Waals surface area contributed by atoms with E-state index in [0.717, 1.165) is 18.8 Å². The van der Waals surface area contributed by atoms with Crippen molar-refractivity contribution >= 4 is 0 Å². The van der Waals surface area contributed by atoms with Gasteiger partial charge in [-0.05, 0) is 26.7 Å². The average molecular weight is 209 g/mol. The van der Waals surface area contributed by atoms with Crippen LogP contribution in [0.5, 0.6) is 0 Å². The number of rotatable bonds is 4. The maximum atomic E-state index is 5.63. The number of hydrogen-bond acceptors (Lipinski definition) is 3. The number of nitrogens with one attached hydrogen (secondary N) is 2. The van der Waals surface area contributed by atoms with Crippen LogP contribution in [-0.4, -0.2) is 29.0 Å². The van der Waals surface area contributed by atoms with Gasteiger partial charge in [0.1, 0.15) is 0 Å². The number of H-pyrrole nitrogens is 1. The molecule has 0 bridgehead atoms. The van der Waals surface area contributed by atoms with Gasteiger partial charge in [0.2, 0.25) is 0 Å². The van der Waals surface area contributed by atoms with Crippen LogP contribution in [0.15, 0.2) is 6.20 Å². The third-order valence-electron chi connectivity index (χ3n) is 3.07. The zero-order valence-electron chi connectivity index (χ0n) is 9.42. The molecule has 4 nitrogen and oxygen atoms in total. The first-order valence-corrected chi connectivity index (χ1v) is 5.61. The van der Waals surface area contributed by atoms with Gasteiger partial charge in [0, 0.05) is 30.5 Å². The SMILES string of the molecule is Cc1[nH]ncc1CN[C@H](C)[C@H]1CCCO1. The molecule has 2 rings (SSSR count). The average Bonchev–Trinajstić information content (AvgIpc) is 2.85. The van der Waals surface area contributed by atoms with Gasteiger partial charge in [0.15, 0.2) is 0 Å². The lowest BCUT2D eigenvalue weighted by molar-refractivity contribution is 0.0832. The Balaban J connectivity index is 1.80. The van der Waals surface area contributed by atoms with Gasteiger partial charge in [0.25, 0.3) is 0 Å². The van der Waals surface area contributed by atoms with Crippen LogP contribution in [0.2, 0.25) is 0 Å². The van der Waals surface area contributed by atoms with Crippen LogP contribution in [0.1, 0.15) is 31.0 Å². The monoisotopic (exact) mass is 209 g/mol. The second-order valence-corrected chi connectivity index (χ2v) is 4.24. The fourth-order valence-corrected chi connectivity index (χ4v) is 1.95. The highest BCUT2D eigenvalue weighted by Gasteiger charge is 2.21. The van der Waals surface area contributed by atoms with Gasteiger partial charge in [-0.15, -0.1) is 0 Å². The molecule has 84 valence electrons. The van der Waals surface area contributed by atoms with Gasteiger partial charge >= 0.3 is 0 Å².